The van der Waals surface area contributed by atoms with Gasteiger partial charge in [0, 0.05) is 11.1 Å². The fourth-order valence-corrected chi connectivity index (χ4v) is 1.10. The van der Waals surface area contributed by atoms with E-state index in [2.05, 4.69) is 4.74 Å². The Morgan fingerprint density at radius 3 is 2.62 bits per heavy atom. The fraction of sp³-hybridized carbons (Fsp3) is 0.182. The van der Waals surface area contributed by atoms with Crippen molar-refractivity contribution >= 4 is 12.0 Å². The van der Waals surface area contributed by atoms with E-state index in [-0.39, 0.29) is 11.3 Å². The molecule has 0 amide bonds. The second-order valence-corrected chi connectivity index (χ2v) is 3.05. The molecular weight excluding hydrogens is 218 g/mol. The van der Waals surface area contributed by atoms with Crippen LogP contribution < -0.4 is 4.74 Å². The van der Waals surface area contributed by atoms with Crippen molar-refractivity contribution in [3.63, 3.8) is 0 Å². The molecule has 0 bridgehead atoms. The van der Waals surface area contributed by atoms with Crippen LogP contribution in [0, 0.1) is 0 Å². The number of rotatable bonds is 4. The molecule has 0 fully saturated rings. The molecule has 1 rings (SSSR count). The summed E-state index contributed by atoms with van der Waals surface area (Å²) < 4.78 is 28.3. The van der Waals surface area contributed by atoms with E-state index >= 15 is 0 Å². The summed E-state index contributed by atoms with van der Waals surface area (Å²) in [6.07, 6.45) is 1.28. The molecule has 0 aliphatic carbocycles. The zero-order chi connectivity index (χ0) is 12.1. The van der Waals surface area contributed by atoms with Gasteiger partial charge in [-0.05, 0) is 19.1 Å². The number of benzene rings is 1. The van der Waals surface area contributed by atoms with Crippen LogP contribution in [-0.4, -0.2) is 17.7 Å². The minimum atomic E-state index is -2.93. The van der Waals surface area contributed by atoms with Crippen LogP contribution in [0.5, 0.6) is 5.75 Å². The van der Waals surface area contributed by atoms with E-state index < -0.39 is 12.6 Å². The summed E-state index contributed by atoms with van der Waals surface area (Å²) >= 11 is 0. The number of hydrogen-bond acceptors (Lipinski definition) is 2. The maximum atomic E-state index is 12.0. The van der Waals surface area contributed by atoms with Gasteiger partial charge >= 0.3 is 12.6 Å². The van der Waals surface area contributed by atoms with Crippen LogP contribution >= 0.6 is 0 Å². The van der Waals surface area contributed by atoms with E-state index in [0.29, 0.717) is 5.56 Å². The second kappa shape index (κ2) is 5.25. The molecule has 0 aliphatic heterocycles. The second-order valence-electron chi connectivity index (χ2n) is 3.05. The first-order valence-corrected chi connectivity index (χ1v) is 4.46. The van der Waals surface area contributed by atoms with Gasteiger partial charge in [-0.3, -0.25) is 0 Å². The molecule has 0 atom stereocenters. The van der Waals surface area contributed by atoms with Crippen LogP contribution in [0.4, 0.5) is 8.78 Å². The summed E-state index contributed by atoms with van der Waals surface area (Å²) in [5, 5.41) is 8.66. The quantitative estimate of drug-likeness (QED) is 0.806. The van der Waals surface area contributed by atoms with Crippen LogP contribution in [0.25, 0.3) is 6.08 Å². The lowest BCUT2D eigenvalue weighted by atomic mass is 10.1. The van der Waals surface area contributed by atoms with Crippen molar-refractivity contribution in [1.82, 2.24) is 0 Å². The van der Waals surface area contributed by atoms with Crippen molar-refractivity contribution < 1.29 is 23.4 Å². The van der Waals surface area contributed by atoms with Gasteiger partial charge in [0.05, 0.1) is 0 Å². The molecule has 0 spiro atoms. The van der Waals surface area contributed by atoms with E-state index in [1.807, 2.05) is 0 Å². The van der Waals surface area contributed by atoms with Crippen molar-refractivity contribution in [3.05, 3.63) is 35.4 Å². The summed E-state index contributed by atoms with van der Waals surface area (Å²) in [5.41, 5.74) is 0.355. The minimum Gasteiger partial charge on any atom is -0.478 e. The number of hydrogen-bond donors (Lipinski definition) is 1. The highest BCUT2D eigenvalue weighted by Gasteiger charge is 2.08. The number of carboxylic acid groups (broad SMARTS) is 1. The van der Waals surface area contributed by atoms with Crippen molar-refractivity contribution in [2.45, 2.75) is 13.5 Å². The topological polar surface area (TPSA) is 46.5 Å². The molecule has 0 saturated heterocycles. The monoisotopic (exact) mass is 228 g/mol. The lowest BCUT2D eigenvalue weighted by molar-refractivity contribution is -0.132. The van der Waals surface area contributed by atoms with Crippen LogP contribution in [0.2, 0.25) is 0 Å². The molecule has 0 saturated carbocycles. The fourth-order valence-electron chi connectivity index (χ4n) is 1.10. The van der Waals surface area contributed by atoms with Crippen molar-refractivity contribution in [3.8, 4) is 5.75 Å². The average Bonchev–Trinajstić information content (AvgIpc) is 2.20. The van der Waals surface area contributed by atoms with Crippen molar-refractivity contribution in [1.29, 1.82) is 0 Å². The maximum absolute atomic E-state index is 12.0. The molecule has 1 aromatic carbocycles. The van der Waals surface area contributed by atoms with Crippen LogP contribution in [0.3, 0.4) is 0 Å². The Hall–Kier alpha value is -1.91. The maximum Gasteiger partial charge on any atom is 0.387 e. The normalized spacial score (nSPS) is 11.6. The Kier molecular flexibility index (Phi) is 3.99. The zero-order valence-corrected chi connectivity index (χ0v) is 8.48. The molecule has 0 heterocycles. The highest BCUT2D eigenvalue weighted by molar-refractivity contribution is 5.91. The van der Waals surface area contributed by atoms with E-state index in [9.17, 15) is 13.6 Å². The van der Waals surface area contributed by atoms with Crippen molar-refractivity contribution in [2.24, 2.45) is 0 Å². The number of para-hydroxylation sites is 1. The Morgan fingerprint density at radius 2 is 2.06 bits per heavy atom. The minimum absolute atomic E-state index is 0.0434. The molecule has 0 aliphatic rings. The first-order valence-electron chi connectivity index (χ1n) is 4.46. The number of halogens is 2. The van der Waals surface area contributed by atoms with E-state index in [1.165, 1.54) is 31.2 Å². The van der Waals surface area contributed by atoms with Gasteiger partial charge in [0.2, 0.25) is 0 Å². The van der Waals surface area contributed by atoms with Gasteiger partial charge in [-0.15, -0.1) is 0 Å². The number of alkyl halides is 2. The van der Waals surface area contributed by atoms with Gasteiger partial charge in [0.25, 0.3) is 0 Å². The third-order valence-electron chi connectivity index (χ3n) is 1.84. The first kappa shape index (κ1) is 12.2. The zero-order valence-electron chi connectivity index (χ0n) is 8.48. The Balaban J connectivity index is 3.04. The number of ether oxygens (including phenoxy) is 1. The third-order valence-corrected chi connectivity index (χ3v) is 1.84. The van der Waals surface area contributed by atoms with Crippen LogP contribution in [-0.2, 0) is 4.79 Å². The number of aliphatic carboxylic acids is 1. The van der Waals surface area contributed by atoms with Crippen LogP contribution in [0.15, 0.2) is 29.8 Å². The SMILES string of the molecule is C/C(=C\c1ccccc1OC(F)F)C(=O)O. The molecule has 0 radical (unpaired) electrons. The number of carbonyl (C=O) groups is 1. The average molecular weight is 228 g/mol. The third kappa shape index (κ3) is 3.34. The Labute approximate surface area is 91.0 Å². The van der Waals surface area contributed by atoms with Gasteiger partial charge in [-0.25, -0.2) is 4.79 Å². The highest BCUT2D eigenvalue weighted by atomic mass is 19.3. The largest absolute Gasteiger partial charge is 0.478 e. The number of carboxylic acids is 1. The molecule has 5 heteroatoms. The lowest BCUT2D eigenvalue weighted by Crippen LogP contribution is -2.03. The smallest absolute Gasteiger partial charge is 0.387 e. The predicted octanol–water partition coefficient (Wildman–Crippen LogP) is 2.78. The van der Waals surface area contributed by atoms with E-state index in [4.69, 9.17) is 5.11 Å². The van der Waals surface area contributed by atoms with E-state index in [0.717, 1.165) is 0 Å². The predicted molar refractivity (Wildman–Crippen MR) is 54.4 cm³/mol. The van der Waals surface area contributed by atoms with Gasteiger partial charge in [0.15, 0.2) is 0 Å². The molecule has 0 aromatic heterocycles. The molecular formula is C11H10F2O3. The van der Waals surface area contributed by atoms with Crippen molar-refractivity contribution in [2.75, 3.05) is 0 Å². The molecule has 1 aromatic rings. The molecule has 0 unspecified atom stereocenters. The highest BCUT2D eigenvalue weighted by Crippen LogP contribution is 2.22. The summed E-state index contributed by atoms with van der Waals surface area (Å²) in [6.45, 7) is -1.55. The summed E-state index contributed by atoms with van der Waals surface area (Å²) in [4.78, 5) is 10.6. The molecule has 3 nitrogen and oxygen atoms in total. The standard InChI is InChI=1S/C11H10F2O3/c1-7(10(14)15)6-8-4-2-3-5-9(8)16-11(12)13/h2-6,11H,1H3,(H,14,15)/b7-6+. The Morgan fingerprint density at radius 1 is 1.44 bits per heavy atom. The van der Waals surface area contributed by atoms with Gasteiger partial charge < -0.3 is 9.84 Å². The summed E-state index contributed by atoms with van der Waals surface area (Å²) in [5.74, 6) is -1.15. The molecule has 1 N–H and O–H groups in total. The van der Waals surface area contributed by atoms with E-state index in [1.54, 1.807) is 6.07 Å². The summed E-state index contributed by atoms with van der Waals surface area (Å²) in [6, 6.07) is 6.00. The molecule has 86 valence electrons. The molecule has 16 heavy (non-hydrogen) atoms. The Bertz CT molecular complexity index is 413. The van der Waals surface area contributed by atoms with Gasteiger partial charge in [0.1, 0.15) is 5.75 Å². The van der Waals surface area contributed by atoms with Gasteiger partial charge in [-0.2, -0.15) is 8.78 Å². The lowest BCUT2D eigenvalue weighted by Gasteiger charge is -2.07. The van der Waals surface area contributed by atoms with Crippen LogP contribution in [0.1, 0.15) is 12.5 Å². The summed E-state index contributed by atoms with van der Waals surface area (Å²) in [7, 11) is 0. The first-order chi connectivity index (χ1) is 7.50. The van der Waals surface area contributed by atoms with Gasteiger partial charge in [-0.1, -0.05) is 18.2 Å².